The molecule has 1 aliphatic heterocycles. The summed E-state index contributed by atoms with van der Waals surface area (Å²) < 4.78 is 27.2. The molecule has 0 spiro atoms. The molecule has 184 valence electrons. The van der Waals surface area contributed by atoms with Gasteiger partial charge in [0.25, 0.3) is 5.91 Å². The fourth-order valence-corrected chi connectivity index (χ4v) is 5.18. The number of piperidine rings is 1. The maximum atomic E-state index is 13.1. The van der Waals surface area contributed by atoms with Crippen molar-refractivity contribution in [1.29, 1.82) is 5.26 Å². The summed E-state index contributed by atoms with van der Waals surface area (Å²) in [6, 6.07) is 5.46. The lowest BCUT2D eigenvalue weighted by Crippen LogP contribution is -2.47. The van der Waals surface area contributed by atoms with Crippen LogP contribution >= 0.6 is 0 Å². The molecule has 0 radical (unpaired) electrons. The molecular formula is C23H28N8O3S. The maximum Gasteiger partial charge on any atom is 0.255 e. The van der Waals surface area contributed by atoms with Crippen molar-refractivity contribution < 1.29 is 13.2 Å². The average molecular weight is 497 g/mol. The van der Waals surface area contributed by atoms with E-state index in [4.69, 9.17) is 5.26 Å². The van der Waals surface area contributed by atoms with Gasteiger partial charge in [0.1, 0.15) is 6.07 Å². The van der Waals surface area contributed by atoms with Gasteiger partial charge in [-0.3, -0.25) is 4.79 Å². The summed E-state index contributed by atoms with van der Waals surface area (Å²) in [5.41, 5.74) is 1.99. The van der Waals surface area contributed by atoms with Crippen molar-refractivity contribution in [2.45, 2.75) is 45.7 Å². The number of pyridine rings is 2. The highest BCUT2D eigenvalue weighted by Crippen LogP contribution is 2.23. The van der Waals surface area contributed by atoms with Crippen molar-refractivity contribution in [3.05, 3.63) is 41.9 Å². The van der Waals surface area contributed by atoms with Gasteiger partial charge < -0.3 is 10.6 Å². The highest BCUT2D eigenvalue weighted by molar-refractivity contribution is 7.89. The molecule has 0 unspecified atom stereocenters. The number of sulfonamides is 1. The second kappa shape index (κ2) is 9.97. The third kappa shape index (κ3) is 5.26. The number of fused-ring (bicyclic) bond motifs is 1. The fourth-order valence-electron chi connectivity index (χ4n) is 4.05. The molecule has 0 bridgehead atoms. The van der Waals surface area contributed by atoms with E-state index < -0.39 is 10.0 Å². The van der Waals surface area contributed by atoms with Gasteiger partial charge >= 0.3 is 0 Å². The van der Waals surface area contributed by atoms with E-state index in [1.165, 1.54) is 16.7 Å². The number of nitriles is 1. The van der Waals surface area contributed by atoms with Crippen molar-refractivity contribution >= 4 is 32.7 Å². The van der Waals surface area contributed by atoms with Gasteiger partial charge in [-0.05, 0) is 39.7 Å². The largest absolute Gasteiger partial charge is 0.382 e. The van der Waals surface area contributed by atoms with Crippen molar-refractivity contribution in [3.63, 3.8) is 0 Å². The van der Waals surface area contributed by atoms with Gasteiger partial charge in [-0.1, -0.05) is 0 Å². The number of nitrogens with zero attached hydrogens (tertiary/aromatic N) is 6. The number of rotatable bonds is 7. The molecule has 12 heteroatoms. The van der Waals surface area contributed by atoms with Gasteiger partial charge in [0.2, 0.25) is 10.0 Å². The molecule has 0 aromatic carbocycles. The van der Waals surface area contributed by atoms with E-state index >= 15 is 0 Å². The molecule has 3 aromatic heterocycles. The molecule has 35 heavy (non-hydrogen) atoms. The minimum Gasteiger partial charge on any atom is -0.382 e. The zero-order valence-corrected chi connectivity index (χ0v) is 20.7. The first-order chi connectivity index (χ1) is 16.7. The topological polar surface area (TPSA) is 146 Å². The van der Waals surface area contributed by atoms with Crippen LogP contribution in [0.2, 0.25) is 0 Å². The zero-order chi connectivity index (χ0) is 25.2. The minimum atomic E-state index is -3.22. The van der Waals surface area contributed by atoms with E-state index in [0.29, 0.717) is 59.6 Å². The van der Waals surface area contributed by atoms with Crippen LogP contribution in [0.5, 0.6) is 0 Å². The van der Waals surface area contributed by atoms with Crippen LogP contribution in [0.4, 0.5) is 5.69 Å². The summed E-state index contributed by atoms with van der Waals surface area (Å²) in [6.07, 6.45) is 5.71. The lowest BCUT2D eigenvalue weighted by Gasteiger charge is -2.31. The molecule has 4 rings (SSSR count). The molecular weight excluding hydrogens is 468 g/mol. The summed E-state index contributed by atoms with van der Waals surface area (Å²) in [5, 5.41) is 20.5. The summed E-state index contributed by atoms with van der Waals surface area (Å²) in [7, 11) is -3.22. The van der Waals surface area contributed by atoms with Gasteiger partial charge in [-0.25, -0.2) is 22.7 Å². The highest BCUT2D eigenvalue weighted by Gasteiger charge is 2.28. The number of anilines is 1. The molecule has 2 N–H and O–H groups in total. The Kier molecular flexibility index (Phi) is 7.00. The van der Waals surface area contributed by atoms with Crippen molar-refractivity contribution in [3.8, 4) is 11.9 Å². The summed E-state index contributed by atoms with van der Waals surface area (Å²) >= 11 is 0. The van der Waals surface area contributed by atoms with Gasteiger partial charge in [0.05, 0.1) is 28.8 Å². The van der Waals surface area contributed by atoms with Gasteiger partial charge in [0, 0.05) is 49.0 Å². The third-order valence-electron chi connectivity index (χ3n) is 5.88. The van der Waals surface area contributed by atoms with Gasteiger partial charge in [-0.2, -0.15) is 15.0 Å². The Morgan fingerprint density at radius 2 is 1.94 bits per heavy atom. The predicted molar refractivity (Wildman–Crippen MR) is 132 cm³/mol. The number of hydrogen-bond acceptors (Lipinski definition) is 8. The molecule has 0 aliphatic carbocycles. The van der Waals surface area contributed by atoms with E-state index in [9.17, 15) is 13.2 Å². The first kappa shape index (κ1) is 24.6. The zero-order valence-electron chi connectivity index (χ0n) is 19.9. The van der Waals surface area contributed by atoms with Gasteiger partial charge in [0.15, 0.2) is 11.5 Å². The first-order valence-electron chi connectivity index (χ1n) is 11.5. The third-order valence-corrected chi connectivity index (χ3v) is 7.76. The number of aromatic nitrogens is 4. The maximum absolute atomic E-state index is 13.1. The Morgan fingerprint density at radius 3 is 2.60 bits per heavy atom. The molecule has 0 atom stereocenters. The van der Waals surface area contributed by atoms with Crippen LogP contribution in [-0.2, 0) is 10.0 Å². The molecule has 1 aliphatic rings. The Morgan fingerprint density at radius 1 is 1.20 bits per heavy atom. The van der Waals surface area contributed by atoms with Crippen LogP contribution in [0.1, 0.15) is 49.5 Å². The van der Waals surface area contributed by atoms with Crippen LogP contribution in [0.15, 0.2) is 30.7 Å². The van der Waals surface area contributed by atoms with Crippen molar-refractivity contribution in [1.82, 2.24) is 29.4 Å². The number of nitrogens with one attached hydrogen (secondary N) is 2. The van der Waals surface area contributed by atoms with Crippen LogP contribution in [0.25, 0.3) is 16.9 Å². The van der Waals surface area contributed by atoms with Crippen molar-refractivity contribution in [2.24, 2.45) is 0 Å². The number of carbonyl (C=O) groups is 1. The minimum absolute atomic E-state index is 0.0602. The van der Waals surface area contributed by atoms with E-state index in [-0.39, 0.29) is 23.7 Å². The number of hydrogen-bond donors (Lipinski definition) is 2. The van der Waals surface area contributed by atoms with E-state index in [0.717, 1.165) is 0 Å². The Hall–Kier alpha value is -3.56. The highest BCUT2D eigenvalue weighted by atomic mass is 32.2. The lowest BCUT2D eigenvalue weighted by atomic mass is 10.1. The second-order valence-corrected chi connectivity index (χ2v) is 11.0. The SMILES string of the molecule is CCS(=O)(=O)N1CCC(NC(=O)c2cnc(-n3ncc4cc(C#N)cnc43)cc2NC(C)C)CC1. The monoisotopic (exact) mass is 496 g/mol. The second-order valence-electron chi connectivity index (χ2n) is 8.74. The Balaban J connectivity index is 1.56. The van der Waals surface area contributed by atoms with Crippen LogP contribution in [0, 0.1) is 11.3 Å². The molecule has 1 amide bonds. The molecule has 11 nitrogen and oxygen atoms in total. The standard InChI is InChI=1S/C23H28N8O3S/c1-4-35(33,34)30-7-5-18(6-8-30)29-23(32)19-14-25-21(10-20(19)28-15(2)3)31-22-17(13-27-31)9-16(11-24)12-26-22/h9-10,12-15,18H,4-8H2,1-3H3,(H,25,28)(H,29,32). The summed E-state index contributed by atoms with van der Waals surface area (Å²) in [4.78, 5) is 21.9. The number of amides is 1. The Labute approximate surface area is 204 Å². The summed E-state index contributed by atoms with van der Waals surface area (Å²) in [6.45, 7) is 6.36. The van der Waals surface area contributed by atoms with Crippen LogP contribution < -0.4 is 10.6 Å². The van der Waals surface area contributed by atoms with Crippen LogP contribution in [-0.4, -0.2) is 69.3 Å². The lowest BCUT2D eigenvalue weighted by molar-refractivity contribution is 0.0924. The molecule has 0 saturated carbocycles. The smallest absolute Gasteiger partial charge is 0.255 e. The Bertz CT molecular complexity index is 1390. The molecule has 4 heterocycles. The van der Waals surface area contributed by atoms with Crippen molar-refractivity contribution in [2.75, 3.05) is 24.2 Å². The fraction of sp³-hybridized carbons (Fsp3) is 0.435. The van der Waals surface area contributed by atoms with Gasteiger partial charge in [-0.15, -0.1) is 0 Å². The van der Waals surface area contributed by atoms with E-state index in [2.05, 4.69) is 31.8 Å². The quantitative estimate of drug-likeness (QED) is 0.505. The average Bonchev–Trinajstić information content (AvgIpc) is 3.27. The molecule has 1 saturated heterocycles. The van der Waals surface area contributed by atoms with Crippen LogP contribution in [0.3, 0.4) is 0 Å². The van der Waals surface area contributed by atoms with E-state index in [1.807, 2.05) is 13.8 Å². The number of carbonyl (C=O) groups excluding carboxylic acids is 1. The normalized spacial score (nSPS) is 15.3. The molecule has 1 fully saturated rings. The summed E-state index contributed by atoms with van der Waals surface area (Å²) in [5.74, 6) is 0.286. The first-order valence-corrected chi connectivity index (χ1v) is 13.1. The van der Waals surface area contributed by atoms with E-state index in [1.54, 1.807) is 29.9 Å². The predicted octanol–water partition coefficient (Wildman–Crippen LogP) is 2.05. The molecule has 3 aromatic rings.